The number of hydrogen-bond donors (Lipinski definition) is 6. The van der Waals surface area contributed by atoms with Crippen molar-refractivity contribution in [3.8, 4) is 79.6 Å². The van der Waals surface area contributed by atoms with E-state index in [1.54, 1.807) is 24.3 Å². The molecule has 4 aliphatic rings. The summed E-state index contributed by atoms with van der Waals surface area (Å²) in [5.41, 5.74) is 31.5. The molecule has 0 aliphatic carbocycles. The molecule has 0 radical (unpaired) electrons. The van der Waals surface area contributed by atoms with Crippen molar-refractivity contribution in [2.45, 2.75) is 52.4 Å². The molecule has 6 aromatic carbocycles. The second-order valence-corrected chi connectivity index (χ2v) is 30.0. The molecule has 12 heterocycles. The van der Waals surface area contributed by atoms with E-state index in [4.69, 9.17) is 29.4 Å². The van der Waals surface area contributed by atoms with Crippen LogP contribution >= 0.6 is 0 Å². The molecule has 14 heteroatoms. The Morgan fingerprint density at radius 1 is 0.318 bits per heavy atom. The number of carbonyl (C=O) groups excluding carboxylic acids is 2. The molecule has 0 saturated carbocycles. The minimum atomic E-state index is -0.389. The summed E-state index contributed by atoms with van der Waals surface area (Å²) in [5.74, 6) is 13.6. The third-order valence-electron chi connectivity index (χ3n) is 20.5. The first kappa shape index (κ1) is 67.5. The van der Waals surface area contributed by atoms with E-state index in [0.717, 1.165) is 190 Å². The monoisotopic (exact) mass is 1430 g/mol. The number of benzene rings is 6. The number of H-pyrrole nitrogens is 6. The third-order valence-corrected chi connectivity index (χ3v) is 20.5. The fourth-order valence-electron chi connectivity index (χ4n) is 14.7. The van der Waals surface area contributed by atoms with Crippen molar-refractivity contribution >= 4 is 126 Å². The summed E-state index contributed by atoms with van der Waals surface area (Å²) in [6, 6.07) is 69.9. The van der Waals surface area contributed by atoms with Gasteiger partial charge in [-0.25, -0.2) is 29.5 Å². The molecule has 0 spiro atoms. The lowest BCUT2D eigenvalue weighted by Crippen LogP contribution is -2.11. The van der Waals surface area contributed by atoms with E-state index in [9.17, 15) is 9.59 Å². The van der Waals surface area contributed by atoms with Gasteiger partial charge in [-0.2, -0.15) is 0 Å². The van der Waals surface area contributed by atoms with E-state index < -0.39 is 0 Å². The second kappa shape index (κ2) is 26.9. The van der Waals surface area contributed by atoms with Crippen LogP contribution in [0.15, 0.2) is 206 Å². The van der Waals surface area contributed by atoms with Crippen LogP contribution in [0.5, 0.6) is 0 Å². The lowest BCUT2D eigenvalue weighted by Gasteiger charge is -2.19. The van der Waals surface area contributed by atoms with Crippen LogP contribution in [0.1, 0.15) is 141 Å². The summed E-state index contributed by atoms with van der Waals surface area (Å²) in [6.45, 7) is 13.5. The SMILES string of the molecule is COC(=O)c1ccc(-c2c3nc(cc4ccc([nH]4)c(-c4ccc(C#Cc5cc(C(C)(C)C)cc6cc(-c7cc8cc(C(C)(C)C)cc(C#Cc9ccc(-c%10c%11nc(cc%12ccc([nH]%12)c(-c%12ccc(C(=O)OC)cc%12)c%12nc(cc%13ccc%10[nH]%13)C=C%12)C=C%11)cc9)c8[nH]7)[nH]c56)cc4)c4nc(cc5ccc2[nH]5)C=C4)C=C3)cc1. The number of aromatic nitrogens is 10. The standard InChI is InChI=1S/C96H72N10O4/c1-95(2,3)67-45-63(19-13-55-9-15-57(16-10-55)87-77-37-29-69(97-77)51-73-33-41-81(101-73)89(59-21-25-61(26-22-59)93(107)109-7)82-42-34-74(102-82)52-70-30-38-78(87)98-70)91-65(47-67)49-85(105-91)86-50-66-48-68(96(4,5)6)46-64(92(66)106-86)20-14-56-11-17-58(18-12-56)88-79-39-31-71(99-79)53-75-35-43-83(103-75)90(60-23-27-62(28-24-60)94(108)110-8)84-44-36-76(104-84)54-72-32-40-80(88)100-72/h9-12,15-18,21-54,97,99,102,104-106H,1-8H3. The Hall–Kier alpha value is -14.3. The number of ether oxygens (including phenoxy) is 2. The Labute approximate surface area is 634 Å². The van der Waals surface area contributed by atoms with Crippen LogP contribution in [-0.2, 0) is 20.3 Å². The minimum absolute atomic E-state index is 0.150. The maximum atomic E-state index is 12.4. The third kappa shape index (κ3) is 13.1. The molecule has 530 valence electrons. The van der Waals surface area contributed by atoms with Crippen LogP contribution in [0.3, 0.4) is 0 Å². The van der Waals surface area contributed by atoms with Gasteiger partial charge in [-0.05, 0) is 251 Å². The Bertz CT molecular complexity index is 6430. The Kier molecular flexibility index (Phi) is 16.5. The van der Waals surface area contributed by atoms with Gasteiger partial charge < -0.3 is 39.4 Å². The van der Waals surface area contributed by atoms with Crippen LogP contribution in [0.2, 0.25) is 0 Å². The maximum Gasteiger partial charge on any atom is 0.337 e. The number of nitrogens with zero attached hydrogens (tertiary/aromatic N) is 4. The van der Waals surface area contributed by atoms with E-state index >= 15 is 0 Å². The molecule has 6 N–H and O–H groups in total. The average Bonchev–Trinajstić information content (AvgIpc) is 1.60. The van der Waals surface area contributed by atoms with Gasteiger partial charge in [0.1, 0.15) is 0 Å². The Balaban J connectivity index is 0.654. The predicted molar refractivity (Wildman–Crippen MR) is 447 cm³/mol. The van der Waals surface area contributed by atoms with E-state index in [-0.39, 0.29) is 22.8 Å². The van der Waals surface area contributed by atoms with Gasteiger partial charge >= 0.3 is 11.9 Å². The van der Waals surface area contributed by atoms with Crippen molar-refractivity contribution in [1.29, 1.82) is 0 Å². The largest absolute Gasteiger partial charge is 0.465 e. The number of carbonyl (C=O) groups is 2. The van der Waals surface area contributed by atoms with Crippen molar-refractivity contribution in [3.63, 3.8) is 0 Å². The van der Waals surface area contributed by atoms with Gasteiger partial charge in [0.15, 0.2) is 0 Å². The summed E-state index contributed by atoms with van der Waals surface area (Å²) >= 11 is 0. The first-order valence-electron chi connectivity index (χ1n) is 36.5. The number of fused-ring (bicyclic) bond motifs is 18. The molecular weight excluding hydrogens is 1360 g/mol. The molecule has 0 saturated heterocycles. The molecule has 16 bridgehead atoms. The van der Waals surface area contributed by atoms with Crippen LogP contribution in [0, 0.1) is 23.7 Å². The molecule has 14 nitrogen and oxygen atoms in total. The number of methoxy groups -OCH3 is 2. The molecule has 14 aromatic rings. The summed E-state index contributed by atoms with van der Waals surface area (Å²) < 4.78 is 9.96. The van der Waals surface area contributed by atoms with Gasteiger partial charge in [0.05, 0.1) is 93.3 Å². The zero-order valence-corrected chi connectivity index (χ0v) is 61.7. The normalized spacial score (nSPS) is 12.3. The summed E-state index contributed by atoms with van der Waals surface area (Å²) in [5, 5.41) is 2.15. The smallest absolute Gasteiger partial charge is 0.337 e. The van der Waals surface area contributed by atoms with Gasteiger partial charge in [-0.1, -0.05) is 114 Å². The van der Waals surface area contributed by atoms with Gasteiger partial charge in [-0.15, -0.1) is 0 Å². The van der Waals surface area contributed by atoms with Crippen molar-refractivity contribution < 1.29 is 19.1 Å². The van der Waals surface area contributed by atoms with Gasteiger partial charge in [0.25, 0.3) is 0 Å². The minimum Gasteiger partial charge on any atom is -0.465 e. The quantitative estimate of drug-likeness (QED) is 0.0669. The van der Waals surface area contributed by atoms with Gasteiger partial charge in [-0.3, -0.25) is 0 Å². The highest BCUT2D eigenvalue weighted by Crippen LogP contribution is 2.39. The van der Waals surface area contributed by atoms with Gasteiger partial charge in [0.2, 0.25) is 0 Å². The molecule has 0 amide bonds. The van der Waals surface area contributed by atoms with Crippen LogP contribution in [0.4, 0.5) is 0 Å². The first-order valence-corrected chi connectivity index (χ1v) is 36.5. The average molecular weight is 1430 g/mol. The van der Waals surface area contributed by atoms with Crippen molar-refractivity contribution in [2.24, 2.45) is 0 Å². The van der Waals surface area contributed by atoms with Crippen molar-refractivity contribution in [3.05, 3.63) is 296 Å². The molecule has 0 atom stereocenters. The molecule has 0 fully saturated rings. The maximum absolute atomic E-state index is 12.4. The number of esters is 2. The van der Waals surface area contributed by atoms with Crippen molar-refractivity contribution in [2.75, 3.05) is 14.2 Å². The van der Waals surface area contributed by atoms with E-state index in [1.807, 2.05) is 97.1 Å². The Morgan fingerprint density at radius 3 is 0.891 bits per heavy atom. The van der Waals surface area contributed by atoms with Gasteiger partial charge in [0, 0.05) is 99.4 Å². The first-order chi connectivity index (χ1) is 53.3. The topological polar surface area (TPSA) is 199 Å². The van der Waals surface area contributed by atoms with E-state index in [1.165, 1.54) is 25.3 Å². The van der Waals surface area contributed by atoms with E-state index in [0.29, 0.717) is 11.1 Å². The zero-order valence-electron chi connectivity index (χ0n) is 61.7. The molecular formula is C96H72N10O4. The zero-order chi connectivity index (χ0) is 75.1. The molecule has 0 unspecified atom stereocenters. The highest BCUT2D eigenvalue weighted by molar-refractivity contribution is 6.00. The summed E-state index contributed by atoms with van der Waals surface area (Å²) in [6.07, 6.45) is 16.3. The molecule has 8 aromatic heterocycles. The molecule has 110 heavy (non-hydrogen) atoms. The fourth-order valence-corrected chi connectivity index (χ4v) is 14.7. The van der Waals surface area contributed by atoms with Crippen LogP contribution in [-0.4, -0.2) is 76.0 Å². The van der Waals surface area contributed by atoms with Crippen molar-refractivity contribution in [1.82, 2.24) is 49.8 Å². The Morgan fingerprint density at radius 2 is 0.609 bits per heavy atom. The highest BCUT2D eigenvalue weighted by atomic mass is 16.5. The van der Waals surface area contributed by atoms with Crippen LogP contribution in [0.25, 0.3) is 170 Å². The lowest BCUT2D eigenvalue weighted by molar-refractivity contribution is 0.0592. The van der Waals surface area contributed by atoms with E-state index in [2.05, 4.69) is 229 Å². The molecule has 4 aliphatic heterocycles. The highest BCUT2D eigenvalue weighted by Gasteiger charge is 2.23. The summed E-state index contributed by atoms with van der Waals surface area (Å²) in [4.78, 5) is 67.6. The number of aromatic amines is 6. The molecule has 18 rings (SSSR count). The number of hydrogen-bond acceptors (Lipinski definition) is 8. The lowest BCUT2D eigenvalue weighted by atomic mass is 9.85. The number of nitrogens with one attached hydrogen (secondary N) is 6. The van der Waals surface area contributed by atoms with Crippen LogP contribution < -0.4 is 0 Å². The second-order valence-electron chi connectivity index (χ2n) is 30.0. The predicted octanol–water partition coefficient (Wildman–Crippen LogP) is 21.9. The fraction of sp³-hybridized carbons (Fsp3) is 0.104. The number of rotatable bonds is 7. The summed E-state index contributed by atoms with van der Waals surface area (Å²) in [7, 11) is 2.77.